The maximum Gasteiger partial charge on any atom is 0.416 e. The van der Waals surface area contributed by atoms with Crippen LogP contribution in [0.4, 0.5) is 13.2 Å². The zero-order chi connectivity index (χ0) is 16.2. The van der Waals surface area contributed by atoms with E-state index in [1.54, 1.807) is 0 Å². The normalized spacial score (nSPS) is 15.5. The van der Waals surface area contributed by atoms with Crippen molar-refractivity contribution in [3.63, 3.8) is 0 Å². The first-order chi connectivity index (χ1) is 10.4. The van der Waals surface area contributed by atoms with E-state index < -0.39 is 17.6 Å². The van der Waals surface area contributed by atoms with Crippen LogP contribution in [-0.4, -0.2) is 43.6 Å². The third kappa shape index (κ3) is 3.79. The molecule has 1 aromatic rings. The van der Waals surface area contributed by atoms with Crippen LogP contribution >= 0.6 is 0 Å². The zero-order valence-electron chi connectivity index (χ0n) is 11.9. The fourth-order valence-corrected chi connectivity index (χ4v) is 2.19. The molecule has 0 bridgehead atoms. The number of halogens is 3. The number of carbonyl (C=O) groups excluding carboxylic acids is 1. The van der Waals surface area contributed by atoms with Crippen molar-refractivity contribution in [2.45, 2.75) is 6.18 Å². The second-order valence-electron chi connectivity index (χ2n) is 4.85. The van der Waals surface area contributed by atoms with Gasteiger partial charge in [-0.15, -0.1) is 0 Å². The van der Waals surface area contributed by atoms with Crippen LogP contribution in [0.25, 0.3) is 0 Å². The largest absolute Gasteiger partial charge is 0.489 e. The molecule has 1 N–H and O–H groups in total. The van der Waals surface area contributed by atoms with Gasteiger partial charge in [0.2, 0.25) is 0 Å². The van der Waals surface area contributed by atoms with E-state index in [4.69, 9.17) is 4.74 Å². The minimum absolute atomic E-state index is 0.0708. The predicted octanol–water partition coefficient (Wildman–Crippen LogP) is 2.32. The number of hydrogen-bond acceptors (Lipinski definition) is 3. The van der Waals surface area contributed by atoms with Crippen LogP contribution in [0.1, 0.15) is 15.9 Å². The number of benzene rings is 1. The predicted molar refractivity (Wildman–Crippen MR) is 75.9 cm³/mol. The van der Waals surface area contributed by atoms with Gasteiger partial charge in [0.25, 0.3) is 5.91 Å². The molecule has 120 valence electrons. The van der Waals surface area contributed by atoms with E-state index in [9.17, 15) is 18.0 Å². The van der Waals surface area contributed by atoms with Crippen molar-refractivity contribution in [3.05, 3.63) is 42.0 Å². The number of amides is 1. The Balaban J connectivity index is 2.34. The molecule has 1 aromatic carbocycles. The Hall–Kier alpha value is -2.02. The highest BCUT2D eigenvalue weighted by atomic mass is 19.4. The monoisotopic (exact) mass is 314 g/mol. The van der Waals surface area contributed by atoms with Crippen molar-refractivity contribution in [2.24, 2.45) is 0 Å². The summed E-state index contributed by atoms with van der Waals surface area (Å²) >= 11 is 0. The van der Waals surface area contributed by atoms with Crippen molar-refractivity contribution in [1.82, 2.24) is 10.2 Å². The first-order valence-corrected chi connectivity index (χ1v) is 6.88. The number of alkyl halides is 3. The number of carbonyl (C=O) groups is 1. The molecule has 1 aliphatic rings. The highest BCUT2D eigenvalue weighted by molar-refractivity contribution is 5.97. The Kier molecular flexibility index (Phi) is 5.07. The van der Waals surface area contributed by atoms with Gasteiger partial charge in [0.15, 0.2) is 0 Å². The second kappa shape index (κ2) is 6.83. The maximum atomic E-state index is 12.9. The zero-order valence-corrected chi connectivity index (χ0v) is 11.9. The van der Waals surface area contributed by atoms with E-state index in [0.717, 1.165) is 12.1 Å². The highest BCUT2D eigenvalue weighted by Gasteiger charge is 2.33. The first kappa shape index (κ1) is 16.4. The van der Waals surface area contributed by atoms with Gasteiger partial charge in [-0.1, -0.05) is 12.7 Å². The summed E-state index contributed by atoms with van der Waals surface area (Å²) < 4.78 is 43.9. The molecule has 1 heterocycles. The lowest BCUT2D eigenvalue weighted by atomic mass is 10.1. The number of rotatable bonds is 4. The lowest BCUT2D eigenvalue weighted by Gasteiger charge is -2.28. The van der Waals surface area contributed by atoms with Crippen molar-refractivity contribution in [3.8, 4) is 5.75 Å². The van der Waals surface area contributed by atoms with Gasteiger partial charge in [-0.05, 0) is 18.2 Å². The smallest absolute Gasteiger partial charge is 0.416 e. The van der Waals surface area contributed by atoms with Gasteiger partial charge in [0, 0.05) is 26.2 Å². The molecule has 7 heteroatoms. The van der Waals surface area contributed by atoms with Crippen molar-refractivity contribution < 1.29 is 22.7 Å². The van der Waals surface area contributed by atoms with Crippen LogP contribution in [0, 0.1) is 0 Å². The summed E-state index contributed by atoms with van der Waals surface area (Å²) in [5.74, 6) is -0.317. The van der Waals surface area contributed by atoms with E-state index >= 15 is 0 Å². The van der Waals surface area contributed by atoms with Crippen LogP contribution in [0.2, 0.25) is 0 Å². The molecule has 0 atom stereocenters. The van der Waals surface area contributed by atoms with Crippen LogP contribution in [0.15, 0.2) is 30.9 Å². The molecule has 1 fully saturated rings. The highest BCUT2D eigenvalue weighted by Crippen LogP contribution is 2.33. The van der Waals surface area contributed by atoms with Crippen LogP contribution in [0.5, 0.6) is 5.75 Å². The summed E-state index contributed by atoms with van der Waals surface area (Å²) in [4.78, 5) is 14.0. The van der Waals surface area contributed by atoms with Gasteiger partial charge >= 0.3 is 6.18 Å². The third-order valence-corrected chi connectivity index (χ3v) is 3.30. The number of hydrogen-bond donors (Lipinski definition) is 1. The molecule has 0 aliphatic carbocycles. The van der Waals surface area contributed by atoms with Gasteiger partial charge in [-0.3, -0.25) is 4.79 Å². The van der Waals surface area contributed by atoms with Crippen LogP contribution < -0.4 is 10.1 Å². The molecule has 0 unspecified atom stereocenters. The molecule has 4 nitrogen and oxygen atoms in total. The third-order valence-electron chi connectivity index (χ3n) is 3.30. The number of nitrogens with zero attached hydrogens (tertiary/aromatic N) is 1. The van der Waals surface area contributed by atoms with E-state index in [1.165, 1.54) is 17.0 Å². The quantitative estimate of drug-likeness (QED) is 0.867. The Bertz CT molecular complexity index is 552. The lowest BCUT2D eigenvalue weighted by Crippen LogP contribution is -2.46. The fraction of sp³-hybridized carbons (Fsp3) is 0.400. The molecule has 2 rings (SSSR count). The van der Waals surface area contributed by atoms with Crippen molar-refractivity contribution >= 4 is 5.91 Å². The van der Waals surface area contributed by atoms with Crippen molar-refractivity contribution in [2.75, 3.05) is 32.8 Å². The molecule has 0 spiro atoms. The number of ether oxygens (including phenoxy) is 1. The topological polar surface area (TPSA) is 41.6 Å². The Morgan fingerprint density at radius 2 is 2.05 bits per heavy atom. The summed E-state index contributed by atoms with van der Waals surface area (Å²) in [7, 11) is 0. The van der Waals surface area contributed by atoms with E-state index in [2.05, 4.69) is 11.9 Å². The molecule has 1 saturated heterocycles. The molecule has 0 saturated carbocycles. The summed E-state index contributed by atoms with van der Waals surface area (Å²) in [6, 6.07) is 2.94. The second-order valence-corrected chi connectivity index (χ2v) is 4.85. The van der Waals surface area contributed by atoms with Crippen LogP contribution in [0.3, 0.4) is 0 Å². The number of nitrogens with one attached hydrogen (secondary N) is 1. The van der Waals surface area contributed by atoms with Crippen molar-refractivity contribution in [1.29, 1.82) is 0 Å². The SMILES string of the molecule is C=CCOc1ccc(C(F)(F)F)cc1C(=O)N1CCNCC1. The van der Waals surface area contributed by atoms with Gasteiger partial charge in [0.05, 0.1) is 11.1 Å². The summed E-state index contributed by atoms with van der Waals surface area (Å²) in [5, 5.41) is 3.09. The lowest BCUT2D eigenvalue weighted by molar-refractivity contribution is -0.137. The molecule has 1 aliphatic heterocycles. The average Bonchev–Trinajstić information content (AvgIpc) is 2.52. The molecule has 0 radical (unpaired) electrons. The molecule has 0 aromatic heterocycles. The molecule has 22 heavy (non-hydrogen) atoms. The maximum absolute atomic E-state index is 12.9. The standard InChI is InChI=1S/C15H17F3N2O2/c1-2-9-22-13-4-3-11(15(16,17)18)10-12(13)14(21)20-7-5-19-6-8-20/h2-4,10,19H,1,5-9H2. The summed E-state index contributed by atoms with van der Waals surface area (Å²) in [6.45, 7) is 5.75. The summed E-state index contributed by atoms with van der Waals surface area (Å²) in [6.07, 6.45) is -3.04. The first-order valence-electron chi connectivity index (χ1n) is 6.88. The molecular weight excluding hydrogens is 297 g/mol. The van der Waals surface area contributed by atoms with E-state index in [1.807, 2.05) is 0 Å². The Morgan fingerprint density at radius 1 is 1.36 bits per heavy atom. The average molecular weight is 314 g/mol. The minimum atomic E-state index is -4.50. The summed E-state index contributed by atoms with van der Waals surface area (Å²) in [5.41, 5.74) is -0.935. The van der Waals surface area contributed by atoms with Gasteiger partial charge in [-0.25, -0.2) is 0 Å². The van der Waals surface area contributed by atoms with Gasteiger partial charge in [0.1, 0.15) is 12.4 Å². The molecular formula is C15H17F3N2O2. The van der Waals surface area contributed by atoms with E-state index in [-0.39, 0.29) is 17.9 Å². The molecule has 1 amide bonds. The van der Waals surface area contributed by atoms with Crippen LogP contribution in [-0.2, 0) is 6.18 Å². The fourth-order valence-electron chi connectivity index (χ4n) is 2.19. The van der Waals surface area contributed by atoms with Gasteiger partial charge < -0.3 is 15.0 Å². The Morgan fingerprint density at radius 3 is 2.64 bits per heavy atom. The van der Waals surface area contributed by atoms with E-state index in [0.29, 0.717) is 26.2 Å². The number of piperazine rings is 1. The Labute approximate surface area is 126 Å². The van der Waals surface area contributed by atoms with Gasteiger partial charge in [-0.2, -0.15) is 13.2 Å². The minimum Gasteiger partial charge on any atom is -0.489 e.